The Hall–Kier alpha value is -0.770. The van der Waals surface area contributed by atoms with Gasteiger partial charge in [-0.2, -0.15) is 0 Å². The molecule has 1 aromatic heterocycles. The molecule has 2 rings (SSSR count). The monoisotopic (exact) mass is 223 g/mol. The van der Waals surface area contributed by atoms with Crippen LogP contribution in [0.15, 0.2) is 17.4 Å². The first-order valence-electron chi connectivity index (χ1n) is 5.55. The van der Waals surface area contributed by atoms with Crippen LogP contribution in [0.3, 0.4) is 0 Å². The van der Waals surface area contributed by atoms with Gasteiger partial charge < -0.3 is 5.32 Å². The zero-order valence-corrected chi connectivity index (χ0v) is 9.89. The summed E-state index contributed by atoms with van der Waals surface area (Å²) in [5.74, 6) is 0.857. The van der Waals surface area contributed by atoms with Gasteiger partial charge in [0, 0.05) is 12.3 Å². The largest absolute Gasteiger partial charge is 0.372 e. The molecule has 4 heteroatoms. The Morgan fingerprint density at radius 2 is 2.07 bits per heavy atom. The molecular formula is C11H17N3S. The van der Waals surface area contributed by atoms with Crippen LogP contribution in [0.5, 0.6) is 0 Å². The number of hydrogen-bond acceptors (Lipinski definition) is 4. The molecule has 0 bridgehead atoms. The van der Waals surface area contributed by atoms with E-state index in [0.717, 1.165) is 16.1 Å². The zero-order valence-electron chi connectivity index (χ0n) is 9.07. The lowest BCUT2D eigenvalue weighted by Gasteiger charge is -2.20. The van der Waals surface area contributed by atoms with Gasteiger partial charge in [-0.05, 0) is 12.8 Å². The first-order valence-corrected chi connectivity index (χ1v) is 6.43. The highest BCUT2D eigenvalue weighted by Gasteiger charge is 2.15. The van der Waals surface area contributed by atoms with Gasteiger partial charge in [-0.25, -0.2) is 4.98 Å². The van der Waals surface area contributed by atoms with E-state index < -0.39 is 0 Å². The van der Waals surface area contributed by atoms with Gasteiger partial charge in [0.05, 0.1) is 12.4 Å². The van der Waals surface area contributed by atoms with Crippen molar-refractivity contribution in [3.05, 3.63) is 12.4 Å². The van der Waals surface area contributed by atoms with Crippen molar-refractivity contribution in [1.82, 2.24) is 9.97 Å². The van der Waals surface area contributed by atoms with Gasteiger partial charge in [0.2, 0.25) is 0 Å². The maximum Gasteiger partial charge on any atom is 0.145 e. The molecule has 1 heterocycles. The molecule has 15 heavy (non-hydrogen) atoms. The van der Waals surface area contributed by atoms with Crippen molar-refractivity contribution in [3.8, 4) is 0 Å². The summed E-state index contributed by atoms with van der Waals surface area (Å²) in [5, 5.41) is 4.82. The van der Waals surface area contributed by atoms with Crippen molar-refractivity contribution < 1.29 is 0 Å². The third-order valence-electron chi connectivity index (χ3n) is 2.71. The molecule has 1 fully saturated rings. The van der Waals surface area contributed by atoms with Gasteiger partial charge in [0.15, 0.2) is 0 Å². The number of nitrogens with zero attached hydrogens (tertiary/aromatic N) is 2. The number of aromatic nitrogens is 2. The minimum Gasteiger partial charge on any atom is -0.372 e. The fourth-order valence-corrected chi connectivity index (χ4v) is 3.06. The predicted octanol–water partition coefficient (Wildman–Crippen LogP) is 2.94. The van der Waals surface area contributed by atoms with E-state index in [0.29, 0.717) is 0 Å². The maximum atomic E-state index is 4.47. The Labute approximate surface area is 95.1 Å². The van der Waals surface area contributed by atoms with Crippen LogP contribution in [0.25, 0.3) is 0 Å². The number of anilines is 1. The van der Waals surface area contributed by atoms with Crippen molar-refractivity contribution in [3.63, 3.8) is 0 Å². The molecule has 0 amide bonds. The second-order valence-corrected chi connectivity index (χ2v) is 5.19. The van der Waals surface area contributed by atoms with Crippen LogP contribution >= 0.6 is 11.8 Å². The number of thioether (sulfide) groups is 1. The highest BCUT2D eigenvalue weighted by Crippen LogP contribution is 2.32. The fourth-order valence-electron chi connectivity index (χ4n) is 1.88. The molecule has 1 N–H and O–H groups in total. The molecule has 0 radical (unpaired) electrons. The third kappa shape index (κ3) is 3.09. The first-order chi connectivity index (χ1) is 7.38. The Morgan fingerprint density at radius 3 is 2.80 bits per heavy atom. The molecule has 1 aliphatic rings. The molecule has 0 spiro atoms. The lowest BCUT2D eigenvalue weighted by Crippen LogP contribution is -2.08. The van der Waals surface area contributed by atoms with Gasteiger partial charge in [-0.15, -0.1) is 11.8 Å². The molecule has 0 aromatic carbocycles. The minimum absolute atomic E-state index is 0.750. The molecule has 0 aliphatic heterocycles. The van der Waals surface area contributed by atoms with Crippen LogP contribution in [0.4, 0.5) is 5.82 Å². The first kappa shape index (κ1) is 10.7. The Bertz CT molecular complexity index is 310. The maximum absolute atomic E-state index is 4.47. The van der Waals surface area contributed by atoms with Gasteiger partial charge in [-0.3, -0.25) is 4.98 Å². The summed E-state index contributed by atoms with van der Waals surface area (Å²) in [6.07, 6.45) is 10.4. The summed E-state index contributed by atoms with van der Waals surface area (Å²) in [6.45, 7) is 0. The SMILES string of the molecule is CNc1cncc(SC2CCCCC2)n1. The van der Waals surface area contributed by atoms with Crippen LogP contribution in [-0.4, -0.2) is 22.3 Å². The Kier molecular flexibility index (Phi) is 3.83. The van der Waals surface area contributed by atoms with E-state index in [1.807, 2.05) is 25.0 Å². The van der Waals surface area contributed by atoms with Gasteiger partial charge >= 0.3 is 0 Å². The minimum atomic E-state index is 0.750. The number of nitrogens with one attached hydrogen (secondary N) is 1. The van der Waals surface area contributed by atoms with Crippen LogP contribution < -0.4 is 5.32 Å². The van der Waals surface area contributed by atoms with E-state index in [-0.39, 0.29) is 0 Å². The predicted molar refractivity (Wildman–Crippen MR) is 64.3 cm³/mol. The van der Waals surface area contributed by atoms with Crippen LogP contribution in [-0.2, 0) is 0 Å². The van der Waals surface area contributed by atoms with Crippen molar-refractivity contribution in [1.29, 1.82) is 0 Å². The molecule has 3 nitrogen and oxygen atoms in total. The van der Waals surface area contributed by atoms with Gasteiger partial charge in [-0.1, -0.05) is 19.3 Å². The fraction of sp³-hybridized carbons (Fsp3) is 0.636. The molecule has 1 aliphatic carbocycles. The van der Waals surface area contributed by atoms with E-state index >= 15 is 0 Å². The molecule has 82 valence electrons. The molecule has 1 saturated carbocycles. The van der Waals surface area contributed by atoms with Crippen LogP contribution in [0.1, 0.15) is 32.1 Å². The third-order valence-corrected chi connectivity index (χ3v) is 3.95. The second-order valence-electron chi connectivity index (χ2n) is 3.87. The van der Waals surface area contributed by atoms with Crippen molar-refractivity contribution in [2.45, 2.75) is 42.4 Å². The summed E-state index contributed by atoms with van der Waals surface area (Å²) >= 11 is 1.88. The van der Waals surface area contributed by atoms with Gasteiger partial charge in [0.25, 0.3) is 0 Å². The van der Waals surface area contributed by atoms with E-state index in [9.17, 15) is 0 Å². The highest BCUT2D eigenvalue weighted by molar-refractivity contribution is 7.99. The summed E-state index contributed by atoms with van der Waals surface area (Å²) in [6, 6.07) is 0. The quantitative estimate of drug-likeness (QED) is 0.855. The van der Waals surface area contributed by atoms with E-state index in [1.54, 1.807) is 6.20 Å². The van der Waals surface area contributed by atoms with E-state index in [4.69, 9.17) is 0 Å². The normalized spacial score (nSPS) is 17.7. The van der Waals surface area contributed by atoms with Crippen LogP contribution in [0.2, 0.25) is 0 Å². The Morgan fingerprint density at radius 1 is 1.27 bits per heavy atom. The molecule has 1 aromatic rings. The van der Waals surface area contributed by atoms with E-state index in [1.165, 1.54) is 32.1 Å². The Balaban J connectivity index is 1.96. The average molecular weight is 223 g/mol. The highest BCUT2D eigenvalue weighted by atomic mass is 32.2. The summed E-state index contributed by atoms with van der Waals surface area (Å²) in [7, 11) is 1.87. The summed E-state index contributed by atoms with van der Waals surface area (Å²) < 4.78 is 0. The summed E-state index contributed by atoms with van der Waals surface area (Å²) in [4.78, 5) is 8.65. The molecule has 0 unspecified atom stereocenters. The summed E-state index contributed by atoms with van der Waals surface area (Å²) in [5.41, 5.74) is 0. The lowest BCUT2D eigenvalue weighted by molar-refractivity contribution is 0.515. The smallest absolute Gasteiger partial charge is 0.145 e. The molecule has 0 atom stereocenters. The molecular weight excluding hydrogens is 206 g/mol. The van der Waals surface area contributed by atoms with Crippen LogP contribution in [0, 0.1) is 0 Å². The zero-order chi connectivity index (χ0) is 10.5. The van der Waals surface area contributed by atoms with E-state index in [2.05, 4.69) is 15.3 Å². The number of rotatable bonds is 3. The second kappa shape index (κ2) is 5.35. The number of hydrogen-bond donors (Lipinski definition) is 1. The van der Waals surface area contributed by atoms with Crippen molar-refractivity contribution in [2.24, 2.45) is 0 Å². The van der Waals surface area contributed by atoms with Crippen molar-refractivity contribution >= 4 is 17.6 Å². The average Bonchev–Trinajstić information content (AvgIpc) is 2.31. The van der Waals surface area contributed by atoms with Gasteiger partial charge in [0.1, 0.15) is 10.8 Å². The molecule has 0 saturated heterocycles. The topological polar surface area (TPSA) is 37.8 Å². The van der Waals surface area contributed by atoms with Crippen molar-refractivity contribution in [2.75, 3.05) is 12.4 Å². The lowest BCUT2D eigenvalue weighted by atomic mass is 10.0. The standard InChI is InChI=1S/C11H17N3S/c1-12-10-7-13-8-11(14-10)15-9-5-3-2-4-6-9/h7-9H,2-6H2,1H3,(H,12,14).